The summed E-state index contributed by atoms with van der Waals surface area (Å²) in [6.07, 6.45) is -1.04. The van der Waals surface area contributed by atoms with Crippen molar-refractivity contribution in [2.45, 2.75) is 25.4 Å². The van der Waals surface area contributed by atoms with E-state index in [1.807, 2.05) is 0 Å². The number of aliphatic hydroxyl groups is 1. The van der Waals surface area contributed by atoms with E-state index in [2.05, 4.69) is 15.9 Å². The Hall–Kier alpha value is -1.26. The van der Waals surface area contributed by atoms with Crippen LogP contribution in [0, 0.1) is 11.6 Å². The second-order valence-electron chi connectivity index (χ2n) is 5.27. The highest BCUT2D eigenvalue weighted by Gasteiger charge is 2.33. The van der Waals surface area contributed by atoms with E-state index in [0.717, 1.165) is 5.56 Å². The molecule has 2 rings (SSSR count). The lowest BCUT2D eigenvalue weighted by Crippen LogP contribution is -2.27. The molecule has 1 atom stereocenters. The van der Waals surface area contributed by atoms with Crippen molar-refractivity contribution < 1.29 is 13.9 Å². The van der Waals surface area contributed by atoms with E-state index >= 15 is 0 Å². The molecule has 0 aliphatic carbocycles. The molecule has 1 nitrogen and oxygen atoms in total. The number of halogens is 3. The van der Waals surface area contributed by atoms with E-state index in [4.69, 9.17) is 0 Å². The molecule has 0 radical (unpaired) electrons. The third-order valence-electron chi connectivity index (χ3n) is 3.55. The SMILES string of the molecule is CC(C)(c1ccc(F)cc1)C(O)c1cccc(Br)c1F. The number of hydrogen-bond donors (Lipinski definition) is 1. The second kappa shape index (κ2) is 5.62. The lowest BCUT2D eigenvalue weighted by Gasteiger charge is -2.31. The fraction of sp³-hybridized carbons (Fsp3) is 0.250. The van der Waals surface area contributed by atoms with Crippen LogP contribution in [-0.4, -0.2) is 5.11 Å². The van der Waals surface area contributed by atoms with Gasteiger partial charge in [0, 0.05) is 11.0 Å². The molecule has 0 fully saturated rings. The van der Waals surface area contributed by atoms with E-state index in [1.165, 1.54) is 12.1 Å². The minimum atomic E-state index is -1.04. The van der Waals surface area contributed by atoms with Crippen LogP contribution in [0.5, 0.6) is 0 Å². The highest BCUT2D eigenvalue weighted by atomic mass is 79.9. The first-order valence-corrected chi connectivity index (χ1v) is 7.01. The van der Waals surface area contributed by atoms with Gasteiger partial charge in [-0.25, -0.2) is 8.78 Å². The van der Waals surface area contributed by atoms with Gasteiger partial charge >= 0.3 is 0 Å². The summed E-state index contributed by atoms with van der Waals surface area (Å²) in [4.78, 5) is 0. The van der Waals surface area contributed by atoms with Gasteiger partial charge in [0.05, 0.1) is 10.6 Å². The Balaban J connectivity index is 2.42. The van der Waals surface area contributed by atoms with Crippen LogP contribution in [0.3, 0.4) is 0 Å². The molecule has 106 valence electrons. The smallest absolute Gasteiger partial charge is 0.143 e. The lowest BCUT2D eigenvalue weighted by atomic mass is 9.76. The van der Waals surface area contributed by atoms with Crippen LogP contribution in [0.4, 0.5) is 8.78 Å². The monoisotopic (exact) mass is 340 g/mol. The fourth-order valence-electron chi connectivity index (χ4n) is 2.16. The van der Waals surface area contributed by atoms with Gasteiger partial charge in [0.15, 0.2) is 0 Å². The summed E-state index contributed by atoms with van der Waals surface area (Å²) in [6, 6.07) is 10.7. The van der Waals surface area contributed by atoms with Gasteiger partial charge in [-0.2, -0.15) is 0 Å². The molecule has 2 aromatic carbocycles. The number of aliphatic hydroxyl groups excluding tert-OH is 1. The Labute approximate surface area is 125 Å². The van der Waals surface area contributed by atoms with Gasteiger partial charge in [-0.1, -0.05) is 38.1 Å². The van der Waals surface area contributed by atoms with Crippen molar-refractivity contribution in [1.29, 1.82) is 0 Å². The van der Waals surface area contributed by atoms with Crippen molar-refractivity contribution in [3.8, 4) is 0 Å². The summed E-state index contributed by atoms with van der Waals surface area (Å²) >= 11 is 3.11. The molecule has 0 amide bonds. The number of rotatable bonds is 3. The van der Waals surface area contributed by atoms with Crippen molar-refractivity contribution in [2.75, 3.05) is 0 Å². The summed E-state index contributed by atoms with van der Waals surface area (Å²) in [6.45, 7) is 3.59. The minimum Gasteiger partial charge on any atom is -0.387 e. The normalized spacial score (nSPS) is 13.3. The van der Waals surface area contributed by atoms with Crippen LogP contribution in [0.2, 0.25) is 0 Å². The van der Waals surface area contributed by atoms with E-state index in [1.54, 1.807) is 44.2 Å². The van der Waals surface area contributed by atoms with E-state index in [0.29, 0.717) is 4.47 Å². The van der Waals surface area contributed by atoms with Crippen molar-refractivity contribution in [1.82, 2.24) is 0 Å². The molecule has 2 aromatic rings. The molecule has 0 aromatic heterocycles. The average molecular weight is 341 g/mol. The average Bonchev–Trinajstić information content (AvgIpc) is 2.41. The zero-order valence-electron chi connectivity index (χ0n) is 11.2. The second-order valence-corrected chi connectivity index (χ2v) is 6.13. The van der Waals surface area contributed by atoms with Crippen LogP contribution >= 0.6 is 15.9 Å². The van der Waals surface area contributed by atoms with Gasteiger partial charge in [0.1, 0.15) is 11.6 Å². The van der Waals surface area contributed by atoms with E-state index < -0.39 is 17.3 Å². The Bertz CT molecular complexity index is 608. The van der Waals surface area contributed by atoms with E-state index in [-0.39, 0.29) is 11.4 Å². The van der Waals surface area contributed by atoms with Crippen molar-refractivity contribution in [3.05, 3.63) is 69.7 Å². The molecule has 1 N–H and O–H groups in total. The summed E-state index contributed by atoms with van der Waals surface area (Å²) < 4.78 is 27.4. The number of hydrogen-bond acceptors (Lipinski definition) is 1. The van der Waals surface area contributed by atoms with Crippen LogP contribution in [0.15, 0.2) is 46.9 Å². The quantitative estimate of drug-likeness (QED) is 0.855. The number of benzene rings is 2. The molecule has 0 saturated carbocycles. The summed E-state index contributed by atoms with van der Waals surface area (Å²) in [7, 11) is 0. The summed E-state index contributed by atoms with van der Waals surface area (Å²) in [5.41, 5.74) is 0.217. The summed E-state index contributed by atoms with van der Waals surface area (Å²) in [5.74, 6) is -0.817. The summed E-state index contributed by atoms with van der Waals surface area (Å²) in [5, 5.41) is 10.5. The maximum Gasteiger partial charge on any atom is 0.143 e. The largest absolute Gasteiger partial charge is 0.387 e. The highest BCUT2D eigenvalue weighted by Crippen LogP contribution is 2.38. The molecule has 0 spiro atoms. The topological polar surface area (TPSA) is 20.2 Å². The van der Waals surface area contributed by atoms with Gasteiger partial charge in [-0.15, -0.1) is 0 Å². The van der Waals surface area contributed by atoms with Crippen molar-refractivity contribution >= 4 is 15.9 Å². The Morgan fingerprint density at radius 1 is 1.05 bits per heavy atom. The third-order valence-corrected chi connectivity index (χ3v) is 4.16. The standard InChI is InChI=1S/C16H15BrF2O/c1-16(2,10-6-8-11(18)9-7-10)15(20)12-4-3-5-13(17)14(12)19/h3-9,15,20H,1-2H3. The molecule has 0 saturated heterocycles. The van der Waals surface area contributed by atoms with Crippen molar-refractivity contribution in [2.24, 2.45) is 0 Å². The van der Waals surface area contributed by atoms with Crippen LogP contribution < -0.4 is 0 Å². The van der Waals surface area contributed by atoms with Crippen LogP contribution in [0.25, 0.3) is 0 Å². The highest BCUT2D eigenvalue weighted by molar-refractivity contribution is 9.10. The molecule has 0 bridgehead atoms. The molecule has 20 heavy (non-hydrogen) atoms. The fourth-order valence-corrected chi connectivity index (χ4v) is 2.54. The Kier molecular flexibility index (Phi) is 4.25. The predicted molar refractivity (Wildman–Crippen MR) is 78.5 cm³/mol. The molecular formula is C16H15BrF2O. The van der Waals surface area contributed by atoms with Crippen LogP contribution in [-0.2, 0) is 5.41 Å². The molecular weight excluding hydrogens is 326 g/mol. The zero-order valence-corrected chi connectivity index (χ0v) is 12.8. The lowest BCUT2D eigenvalue weighted by molar-refractivity contribution is 0.0964. The van der Waals surface area contributed by atoms with Gasteiger partial charge < -0.3 is 5.11 Å². The van der Waals surface area contributed by atoms with Gasteiger partial charge in [0.25, 0.3) is 0 Å². The van der Waals surface area contributed by atoms with Gasteiger partial charge in [-0.05, 0) is 39.7 Å². The molecule has 0 aliphatic heterocycles. The van der Waals surface area contributed by atoms with Gasteiger partial charge in [0.2, 0.25) is 0 Å². The molecule has 0 aliphatic rings. The zero-order chi connectivity index (χ0) is 14.9. The first kappa shape index (κ1) is 15.1. The minimum absolute atomic E-state index is 0.216. The van der Waals surface area contributed by atoms with Gasteiger partial charge in [-0.3, -0.25) is 0 Å². The first-order valence-electron chi connectivity index (χ1n) is 6.22. The van der Waals surface area contributed by atoms with Crippen molar-refractivity contribution in [3.63, 3.8) is 0 Å². The molecule has 4 heteroatoms. The van der Waals surface area contributed by atoms with E-state index in [9.17, 15) is 13.9 Å². The molecule has 0 heterocycles. The first-order chi connectivity index (χ1) is 9.34. The Morgan fingerprint density at radius 3 is 2.25 bits per heavy atom. The maximum atomic E-state index is 14.1. The third kappa shape index (κ3) is 2.76. The Morgan fingerprint density at radius 2 is 1.65 bits per heavy atom. The van der Waals surface area contributed by atoms with Crippen LogP contribution in [0.1, 0.15) is 31.1 Å². The molecule has 1 unspecified atom stereocenters. The maximum absolute atomic E-state index is 14.1. The predicted octanol–water partition coefficient (Wildman–Crippen LogP) is 4.74.